The van der Waals surface area contributed by atoms with Gasteiger partial charge in [-0.05, 0) is 83.5 Å². The molecule has 1 rings (SSSR count). The van der Waals surface area contributed by atoms with Crippen LogP contribution in [-0.2, 0) is 14.3 Å². The van der Waals surface area contributed by atoms with Gasteiger partial charge in [-0.3, -0.25) is 4.79 Å². The van der Waals surface area contributed by atoms with Crippen molar-refractivity contribution in [2.75, 3.05) is 13.2 Å². The lowest BCUT2D eigenvalue weighted by Gasteiger charge is -2.40. The van der Waals surface area contributed by atoms with E-state index in [9.17, 15) is 30.3 Å². The summed E-state index contributed by atoms with van der Waals surface area (Å²) in [6.07, 6.45) is 64.0. The summed E-state index contributed by atoms with van der Waals surface area (Å²) in [4.78, 5) is 13.0. The molecule has 0 saturated carbocycles. The molecule has 1 fully saturated rings. The summed E-state index contributed by atoms with van der Waals surface area (Å²) in [5.74, 6) is -0.204. The van der Waals surface area contributed by atoms with Crippen molar-refractivity contribution in [3.05, 3.63) is 72.9 Å². The highest BCUT2D eigenvalue weighted by molar-refractivity contribution is 5.76. The predicted octanol–water partition coefficient (Wildman–Crippen LogP) is 14.8. The second-order valence-corrected chi connectivity index (χ2v) is 20.4. The normalized spacial score (nSPS) is 19.8. The zero-order valence-corrected chi connectivity index (χ0v) is 45.7. The Bertz CT molecular complexity index is 1340. The fraction of sp³-hybridized carbons (Fsp3) is 0.790. The highest BCUT2D eigenvalue weighted by Crippen LogP contribution is 2.23. The van der Waals surface area contributed by atoms with Gasteiger partial charge in [0.1, 0.15) is 24.4 Å². The second kappa shape index (κ2) is 51.1. The van der Waals surface area contributed by atoms with Crippen LogP contribution >= 0.6 is 0 Å². The minimum absolute atomic E-state index is 0.204. The highest BCUT2D eigenvalue weighted by atomic mass is 16.7. The molecule has 0 aliphatic carbocycles. The summed E-state index contributed by atoms with van der Waals surface area (Å²) >= 11 is 0. The fourth-order valence-electron chi connectivity index (χ4n) is 9.02. The molecular formula is C62H111NO8. The van der Waals surface area contributed by atoms with Crippen molar-refractivity contribution < 1.29 is 39.8 Å². The Morgan fingerprint density at radius 1 is 0.479 bits per heavy atom. The number of carbonyl (C=O) groups is 1. The summed E-state index contributed by atoms with van der Waals surface area (Å²) in [6, 6.07) is -0.840. The van der Waals surface area contributed by atoms with Gasteiger partial charge in [0.15, 0.2) is 6.29 Å². The topological polar surface area (TPSA) is 149 Å². The van der Waals surface area contributed by atoms with E-state index in [-0.39, 0.29) is 12.5 Å². The molecule has 0 spiro atoms. The molecule has 9 heteroatoms. The van der Waals surface area contributed by atoms with Gasteiger partial charge in [-0.1, -0.05) is 241 Å². The molecule has 7 atom stereocenters. The average Bonchev–Trinajstić information content (AvgIpc) is 3.37. The van der Waals surface area contributed by atoms with Crippen LogP contribution in [0.15, 0.2) is 72.9 Å². The number of amides is 1. The summed E-state index contributed by atoms with van der Waals surface area (Å²) in [5.41, 5.74) is 0. The Kier molecular flexibility index (Phi) is 48.0. The Morgan fingerprint density at radius 2 is 0.845 bits per heavy atom. The lowest BCUT2D eigenvalue weighted by Crippen LogP contribution is -2.60. The first-order chi connectivity index (χ1) is 34.8. The molecule has 1 amide bonds. The van der Waals surface area contributed by atoms with Crippen LogP contribution in [-0.4, -0.2) is 87.5 Å². The SMILES string of the molecule is CCCCCCC/C=C\C/C=C\C/C=C\CCCCCCCCC(=O)NC(COC1OC(CO)C(O)C(O)C1O)C(O)/C=C/CC/C=C/CC/C=C/CCCCCCCCCCCCCCCCCCC. The molecular weight excluding hydrogens is 887 g/mol. The zero-order valence-electron chi connectivity index (χ0n) is 45.7. The maximum atomic E-state index is 13.0. The van der Waals surface area contributed by atoms with E-state index in [2.05, 4.69) is 79.9 Å². The third kappa shape index (κ3) is 40.7. The molecule has 71 heavy (non-hydrogen) atoms. The number of hydrogen-bond acceptors (Lipinski definition) is 8. The van der Waals surface area contributed by atoms with Gasteiger partial charge in [-0.2, -0.15) is 0 Å². The van der Waals surface area contributed by atoms with E-state index in [1.165, 1.54) is 154 Å². The van der Waals surface area contributed by atoms with Crippen LogP contribution in [0.4, 0.5) is 0 Å². The lowest BCUT2D eigenvalue weighted by atomic mass is 9.99. The summed E-state index contributed by atoms with van der Waals surface area (Å²) in [6.45, 7) is 3.75. The van der Waals surface area contributed by atoms with Crippen LogP contribution in [0.3, 0.4) is 0 Å². The molecule has 1 aliphatic rings. The summed E-state index contributed by atoms with van der Waals surface area (Å²) < 4.78 is 11.3. The quantitative estimate of drug-likeness (QED) is 0.0261. The molecule has 0 aromatic heterocycles. The van der Waals surface area contributed by atoms with Crippen molar-refractivity contribution in [3.63, 3.8) is 0 Å². The first-order valence-corrected chi connectivity index (χ1v) is 29.7. The summed E-state index contributed by atoms with van der Waals surface area (Å²) in [7, 11) is 0. The van der Waals surface area contributed by atoms with Crippen LogP contribution in [0.25, 0.3) is 0 Å². The zero-order chi connectivity index (χ0) is 51.5. The fourth-order valence-corrected chi connectivity index (χ4v) is 9.02. The van der Waals surface area contributed by atoms with Crippen LogP contribution in [0.1, 0.15) is 258 Å². The van der Waals surface area contributed by atoms with Gasteiger partial charge in [0.25, 0.3) is 0 Å². The smallest absolute Gasteiger partial charge is 0.220 e. The molecule has 1 aliphatic heterocycles. The van der Waals surface area contributed by atoms with E-state index < -0.39 is 49.5 Å². The molecule has 0 aromatic rings. The minimum atomic E-state index is -1.58. The molecule has 9 nitrogen and oxygen atoms in total. The Hall–Kier alpha value is -2.37. The van der Waals surface area contributed by atoms with Gasteiger partial charge in [-0.25, -0.2) is 0 Å². The van der Waals surface area contributed by atoms with Crippen molar-refractivity contribution in [3.8, 4) is 0 Å². The number of carbonyl (C=O) groups excluding carboxylic acids is 1. The van der Waals surface area contributed by atoms with Crippen molar-refractivity contribution >= 4 is 5.91 Å². The molecule has 0 aromatic carbocycles. The van der Waals surface area contributed by atoms with E-state index in [0.717, 1.165) is 83.5 Å². The number of ether oxygens (including phenoxy) is 2. The number of allylic oxidation sites excluding steroid dienone is 11. The highest BCUT2D eigenvalue weighted by Gasteiger charge is 2.44. The van der Waals surface area contributed by atoms with Gasteiger partial charge >= 0.3 is 0 Å². The number of aliphatic hydroxyl groups excluding tert-OH is 5. The molecule has 0 radical (unpaired) electrons. The average molecular weight is 999 g/mol. The van der Waals surface area contributed by atoms with E-state index in [4.69, 9.17) is 9.47 Å². The number of nitrogens with one attached hydrogen (secondary N) is 1. The molecule has 0 bridgehead atoms. The van der Waals surface area contributed by atoms with E-state index in [1.807, 2.05) is 6.08 Å². The molecule has 1 heterocycles. The number of unbranched alkanes of at least 4 members (excludes halogenated alkanes) is 30. The Labute approximate surface area is 436 Å². The molecule has 412 valence electrons. The maximum Gasteiger partial charge on any atom is 0.220 e. The van der Waals surface area contributed by atoms with Crippen LogP contribution in [0, 0.1) is 0 Å². The Balaban J connectivity index is 2.28. The molecule has 6 N–H and O–H groups in total. The lowest BCUT2D eigenvalue weighted by molar-refractivity contribution is -0.302. The number of rotatable bonds is 50. The van der Waals surface area contributed by atoms with Crippen molar-refractivity contribution in [2.24, 2.45) is 0 Å². The second-order valence-electron chi connectivity index (χ2n) is 20.4. The van der Waals surface area contributed by atoms with Crippen LogP contribution in [0.5, 0.6) is 0 Å². The first kappa shape index (κ1) is 66.6. The third-order valence-corrected chi connectivity index (χ3v) is 13.7. The monoisotopic (exact) mass is 998 g/mol. The number of hydrogen-bond donors (Lipinski definition) is 6. The molecule has 7 unspecified atom stereocenters. The third-order valence-electron chi connectivity index (χ3n) is 13.7. The van der Waals surface area contributed by atoms with Gasteiger partial charge in [0.2, 0.25) is 5.91 Å². The van der Waals surface area contributed by atoms with Crippen molar-refractivity contribution in [1.82, 2.24) is 5.32 Å². The Morgan fingerprint density at radius 3 is 1.28 bits per heavy atom. The van der Waals surface area contributed by atoms with E-state index >= 15 is 0 Å². The van der Waals surface area contributed by atoms with Crippen molar-refractivity contribution in [1.29, 1.82) is 0 Å². The largest absolute Gasteiger partial charge is 0.394 e. The minimum Gasteiger partial charge on any atom is -0.394 e. The summed E-state index contributed by atoms with van der Waals surface area (Å²) in [5, 5.41) is 54.5. The van der Waals surface area contributed by atoms with Gasteiger partial charge in [0.05, 0.1) is 25.4 Å². The standard InChI is InChI=1S/C62H111NO8/c1-3-5-7-9-11-13-15-17-19-21-23-25-26-27-28-29-30-32-33-35-37-39-41-43-45-47-49-51-56(65)55(54-70-62-61(69)60(68)59(67)57(53-64)71-62)63-58(66)52-50-48-46-44-42-40-38-36-34-31-24-22-20-18-16-14-12-10-8-6-4-2/h16,18,22,24,33-36,41,43,49,51,55-57,59-62,64-65,67-69H,3-15,17,19-21,23,25-32,37-40,42,44-48,50,52-54H2,1-2H3,(H,63,66)/b18-16-,24-22-,35-33+,36-34-,43-41+,51-49+. The van der Waals surface area contributed by atoms with Gasteiger partial charge < -0.3 is 40.3 Å². The number of aliphatic hydroxyl groups is 5. The van der Waals surface area contributed by atoms with Gasteiger partial charge in [0, 0.05) is 6.42 Å². The van der Waals surface area contributed by atoms with Crippen LogP contribution in [0.2, 0.25) is 0 Å². The predicted molar refractivity (Wildman–Crippen MR) is 299 cm³/mol. The van der Waals surface area contributed by atoms with Crippen molar-refractivity contribution in [2.45, 2.75) is 301 Å². The van der Waals surface area contributed by atoms with E-state index in [1.54, 1.807) is 6.08 Å². The van der Waals surface area contributed by atoms with Crippen LogP contribution < -0.4 is 5.32 Å². The van der Waals surface area contributed by atoms with E-state index in [0.29, 0.717) is 6.42 Å². The first-order valence-electron chi connectivity index (χ1n) is 29.7. The molecule has 1 saturated heterocycles. The maximum absolute atomic E-state index is 13.0. The van der Waals surface area contributed by atoms with Gasteiger partial charge in [-0.15, -0.1) is 0 Å².